The van der Waals surface area contributed by atoms with E-state index < -0.39 is 17.7 Å². The number of benzene rings is 1. The van der Waals surface area contributed by atoms with Crippen molar-refractivity contribution in [2.75, 3.05) is 6.61 Å². The van der Waals surface area contributed by atoms with Gasteiger partial charge in [0.25, 0.3) is 0 Å². The van der Waals surface area contributed by atoms with Crippen LogP contribution in [0.15, 0.2) is 30.3 Å². The third-order valence-electron chi connectivity index (χ3n) is 4.63. The number of carboxylic acid groups (broad SMARTS) is 1. The third kappa shape index (κ3) is 2.73. The van der Waals surface area contributed by atoms with Gasteiger partial charge < -0.3 is 19.5 Å². The van der Waals surface area contributed by atoms with Crippen LogP contribution in [0.4, 0.5) is 0 Å². The molecule has 1 saturated carbocycles. The van der Waals surface area contributed by atoms with Gasteiger partial charge in [-0.25, -0.2) is 0 Å². The van der Waals surface area contributed by atoms with E-state index in [1.165, 1.54) is 4.90 Å². The van der Waals surface area contributed by atoms with Gasteiger partial charge in [0.05, 0.1) is 25.0 Å². The number of rotatable bonds is 3. The van der Waals surface area contributed by atoms with E-state index >= 15 is 0 Å². The number of hydrogen-bond donors (Lipinski definition) is 0. The van der Waals surface area contributed by atoms with E-state index in [2.05, 4.69) is 0 Å². The van der Waals surface area contributed by atoms with E-state index in [4.69, 9.17) is 4.74 Å². The van der Waals surface area contributed by atoms with Crippen molar-refractivity contribution in [3.8, 4) is 0 Å². The second kappa shape index (κ2) is 6.08. The first-order chi connectivity index (χ1) is 10.6. The van der Waals surface area contributed by atoms with Crippen LogP contribution >= 0.6 is 0 Å². The minimum absolute atomic E-state index is 0.0306. The normalized spacial score (nSPS) is 23.6. The van der Waals surface area contributed by atoms with Gasteiger partial charge in [-0.3, -0.25) is 4.79 Å². The average molecular weight is 302 g/mol. The number of nitrogens with zero attached hydrogens (tertiary/aromatic N) is 1. The fourth-order valence-corrected chi connectivity index (χ4v) is 3.58. The zero-order valence-corrected chi connectivity index (χ0v) is 12.5. The van der Waals surface area contributed by atoms with Crippen LogP contribution < -0.4 is 5.11 Å². The summed E-state index contributed by atoms with van der Waals surface area (Å²) < 4.78 is 5.81. The van der Waals surface area contributed by atoms with Crippen molar-refractivity contribution in [3.05, 3.63) is 35.9 Å². The average Bonchev–Trinajstić information content (AvgIpc) is 2.88. The zero-order valence-electron chi connectivity index (χ0n) is 12.5. The molecule has 1 atom stereocenters. The molecule has 0 aromatic heterocycles. The molecule has 2 fully saturated rings. The van der Waals surface area contributed by atoms with Crippen LogP contribution in [-0.2, 0) is 20.7 Å². The molecule has 1 amide bonds. The second-order valence-corrected chi connectivity index (χ2v) is 6.08. The van der Waals surface area contributed by atoms with Crippen LogP contribution in [0.5, 0.6) is 0 Å². The number of amides is 1. The predicted molar refractivity (Wildman–Crippen MR) is 77.6 cm³/mol. The Morgan fingerprint density at radius 1 is 1.18 bits per heavy atom. The Morgan fingerprint density at radius 3 is 2.50 bits per heavy atom. The van der Waals surface area contributed by atoms with Crippen molar-refractivity contribution in [1.82, 2.24) is 4.90 Å². The Kier molecular flexibility index (Phi) is 4.16. The highest BCUT2D eigenvalue weighted by atomic mass is 16.5. The minimum atomic E-state index is -1.23. The second-order valence-electron chi connectivity index (χ2n) is 6.08. The van der Waals surface area contributed by atoms with Gasteiger partial charge in [0.1, 0.15) is 5.72 Å². The van der Waals surface area contributed by atoms with Crippen molar-refractivity contribution in [1.29, 1.82) is 0 Å². The summed E-state index contributed by atoms with van der Waals surface area (Å²) >= 11 is 0. The van der Waals surface area contributed by atoms with Crippen molar-refractivity contribution in [3.63, 3.8) is 0 Å². The van der Waals surface area contributed by atoms with Gasteiger partial charge in [0, 0.05) is 0 Å². The number of hydrogen-bond acceptors (Lipinski definition) is 4. The summed E-state index contributed by atoms with van der Waals surface area (Å²) in [6, 6.07) is 8.40. The van der Waals surface area contributed by atoms with E-state index in [9.17, 15) is 14.7 Å². The van der Waals surface area contributed by atoms with E-state index in [-0.39, 0.29) is 18.9 Å². The zero-order chi connectivity index (χ0) is 15.6. The lowest BCUT2D eigenvalue weighted by atomic mass is 9.89. The quantitative estimate of drug-likeness (QED) is 0.830. The molecule has 1 aromatic carbocycles. The molecule has 22 heavy (non-hydrogen) atoms. The van der Waals surface area contributed by atoms with Crippen molar-refractivity contribution in [2.45, 2.75) is 50.3 Å². The lowest BCUT2D eigenvalue weighted by molar-refractivity contribution is -0.310. The highest BCUT2D eigenvalue weighted by Gasteiger charge is 2.50. The molecule has 5 heteroatoms. The topological polar surface area (TPSA) is 69.7 Å². The number of carboxylic acids is 1. The van der Waals surface area contributed by atoms with Crippen molar-refractivity contribution >= 4 is 11.9 Å². The minimum Gasteiger partial charge on any atom is -0.548 e. The summed E-state index contributed by atoms with van der Waals surface area (Å²) in [5.74, 6) is -1.43. The van der Waals surface area contributed by atoms with E-state index in [0.29, 0.717) is 12.8 Å². The summed E-state index contributed by atoms with van der Waals surface area (Å²) in [7, 11) is 0. The highest BCUT2D eigenvalue weighted by Crippen LogP contribution is 2.40. The number of carbonyl (C=O) groups excluding carboxylic acids is 2. The standard InChI is InChI=1S/C17H21NO4/c19-15(11-13-7-3-1-4-8-13)18-14(16(20)21)12-22-17(18)9-5-2-6-10-17/h1,3-4,7-8,14H,2,5-6,9-12H2,(H,20,21)/p-1/t14-/m0/s1. The van der Waals surface area contributed by atoms with E-state index in [1.54, 1.807) is 0 Å². The Labute approximate surface area is 129 Å². The molecule has 1 spiro atoms. The van der Waals surface area contributed by atoms with Crippen LogP contribution in [0.2, 0.25) is 0 Å². The summed E-state index contributed by atoms with van der Waals surface area (Å²) in [6.07, 6.45) is 4.61. The largest absolute Gasteiger partial charge is 0.548 e. The molecule has 1 aliphatic carbocycles. The maximum absolute atomic E-state index is 12.8. The molecule has 2 aliphatic rings. The Hall–Kier alpha value is -1.88. The number of aliphatic carboxylic acids is 1. The number of carbonyl (C=O) groups is 2. The fourth-order valence-electron chi connectivity index (χ4n) is 3.58. The van der Waals surface area contributed by atoms with Gasteiger partial charge in [-0.2, -0.15) is 0 Å². The van der Waals surface area contributed by atoms with Crippen LogP contribution in [-0.4, -0.2) is 35.2 Å². The molecular weight excluding hydrogens is 282 g/mol. The van der Waals surface area contributed by atoms with Crippen molar-refractivity contribution in [2.24, 2.45) is 0 Å². The van der Waals surface area contributed by atoms with E-state index in [1.807, 2.05) is 30.3 Å². The van der Waals surface area contributed by atoms with Gasteiger partial charge in [0.15, 0.2) is 0 Å². The first-order valence-corrected chi connectivity index (χ1v) is 7.83. The monoisotopic (exact) mass is 302 g/mol. The van der Waals surface area contributed by atoms with Crippen LogP contribution in [0.25, 0.3) is 0 Å². The number of ether oxygens (including phenoxy) is 1. The van der Waals surface area contributed by atoms with Crippen LogP contribution in [0.3, 0.4) is 0 Å². The molecule has 5 nitrogen and oxygen atoms in total. The fraction of sp³-hybridized carbons (Fsp3) is 0.529. The SMILES string of the molecule is O=C([O-])[C@@H]1COC2(CCCCC2)N1C(=O)Cc1ccccc1. The van der Waals surface area contributed by atoms with Gasteiger partial charge in [-0.1, -0.05) is 36.8 Å². The maximum Gasteiger partial charge on any atom is 0.229 e. The predicted octanol–water partition coefficient (Wildman–Crippen LogP) is 0.867. The lowest BCUT2D eigenvalue weighted by Crippen LogP contribution is -2.57. The molecular formula is C17H20NO4-. The maximum atomic E-state index is 12.8. The van der Waals surface area contributed by atoms with E-state index in [0.717, 1.165) is 24.8 Å². The van der Waals surface area contributed by atoms with Gasteiger partial charge in [-0.15, -0.1) is 0 Å². The molecule has 0 N–H and O–H groups in total. The lowest BCUT2D eigenvalue weighted by Gasteiger charge is -2.42. The molecule has 118 valence electrons. The smallest absolute Gasteiger partial charge is 0.229 e. The molecule has 1 aliphatic heterocycles. The summed E-state index contributed by atoms with van der Waals surface area (Å²) in [5.41, 5.74) is 0.136. The third-order valence-corrected chi connectivity index (χ3v) is 4.63. The summed E-state index contributed by atoms with van der Waals surface area (Å²) in [5, 5.41) is 11.4. The molecule has 3 rings (SSSR count). The Morgan fingerprint density at radius 2 is 1.86 bits per heavy atom. The Bertz CT molecular complexity index is 551. The first kappa shape index (κ1) is 15.0. The van der Waals surface area contributed by atoms with Gasteiger partial charge in [-0.05, 0) is 31.2 Å². The van der Waals surface area contributed by atoms with Crippen LogP contribution in [0.1, 0.15) is 37.7 Å². The molecule has 0 bridgehead atoms. The van der Waals surface area contributed by atoms with Gasteiger partial charge >= 0.3 is 0 Å². The Balaban J connectivity index is 1.84. The van der Waals surface area contributed by atoms with Crippen molar-refractivity contribution < 1.29 is 19.4 Å². The molecule has 1 aromatic rings. The van der Waals surface area contributed by atoms with Gasteiger partial charge in [0.2, 0.25) is 5.91 Å². The molecule has 0 radical (unpaired) electrons. The molecule has 1 saturated heterocycles. The summed E-state index contributed by atoms with van der Waals surface area (Å²) in [4.78, 5) is 25.6. The first-order valence-electron chi connectivity index (χ1n) is 7.83. The van der Waals surface area contributed by atoms with Crippen LogP contribution in [0, 0.1) is 0 Å². The highest BCUT2D eigenvalue weighted by molar-refractivity contribution is 5.85. The molecule has 1 heterocycles. The summed E-state index contributed by atoms with van der Waals surface area (Å²) in [6.45, 7) is 0.0306. The molecule has 0 unspecified atom stereocenters.